The van der Waals surface area contributed by atoms with Crippen LogP contribution in [0.2, 0.25) is 10.0 Å². The first-order valence-electron chi connectivity index (χ1n) is 5.55. The summed E-state index contributed by atoms with van der Waals surface area (Å²) < 4.78 is 27.3. The van der Waals surface area contributed by atoms with E-state index in [0.717, 1.165) is 0 Å². The molecule has 1 nitrogen and oxygen atoms in total. The molecule has 0 saturated heterocycles. The van der Waals surface area contributed by atoms with Gasteiger partial charge < -0.3 is 5.11 Å². The summed E-state index contributed by atoms with van der Waals surface area (Å²) in [6.07, 6.45) is -1.27. The molecule has 2 aromatic rings. The van der Waals surface area contributed by atoms with E-state index >= 15 is 0 Å². The van der Waals surface area contributed by atoms with Crippen LogP contribution in [-0.2, 0) is 6.42 Å². The molecular weight excluding hydrogens is 293 g/mol. The quantitative estimate of drug-likeness (QED) is 0.882. The Balaban J connectivity index is 2.28. The van der Waals surface area contributed by atoms with Crippen molar-refractivity contribution < 1.29 is 13.9 Å². The fraction of sp³-hybridized carbons (Fsp3) is 0.143. The van der Waals surface area contributed by atoms with Gasteiger partial charge in [0.05, 0.1) is 11.1 Å². The van der Waals surface area contributed by atoms with Gasteiger partial charge in [0.25, 0.3) is 0 Å². The summed E-state index contributed by atoms with van der Waals surface area (Å²) in [5.41, 5.74) is 0.256. The second-order valence-corrected chi connectivity index (χ2v) is 4.94. The van der Waals surface area contributed by atoms with Gasteiger partial charge in [-0.05, 0) is 29.8 Å². The predicted octanol–water partition coefficient (Wildman–Crippen LogP) is 4.55. The van der Waals surface area contributed by atoms with E-state index < -0.39 is 17.7 Å². The third-order valence-electron chi connectivity index (χ3n) is 2.76. The SMILES string of the molecule is OC(Cc1cc(Cl)ccc1F)c1cccc(Cl)c1F. The van der Waals surface area contributed by atoms with Crippen LogP contribution < -0.4 is 0 Å². The lowest BCUT2D eigenvalue weighted by atomic mass is 10.0. The van der Waals surface area contributed by atoms with Gasteiger partial charge in [0, 0.05) is 17.0 Å². The predicted molar refractivity (Wildman–Crippen MR) is 71.5 cm³/mol. The number of benzene rings is 2. The van der Waals surface area contributed by atoms with Crippen molar-refractivity contribution in [3.8, 4) is 0 Å². The van der Waals surface area contributed by atoms with Crippen molar-refractivity contribution >= 4 is 23.2 Å². The Bertz CT molecular complexity index is 602. The third kappa shape index (κ3) is 3.24. The minimum atomic E-state index is -1.19. The lowest BCUT2D eigenvalue weighted by Crippen LogP contribution is -2.06. The summed E-state index contributed by atoms with van der Waals surface area (Å²) in [5, 5.41) is 10.3. The molecule has 0 aliphatic heterocycles. The Morgan fingerprint density at radius 3 is 2.58 bits per heavy atom. The van der Waals surface area contributed by atoms with Crippen molar-refractivity contribution in [1.29, 1.82) is 0 Å². The zero-order valence-electron chi connectivity index (χ0n) is 9.71. The van der Waals surface area contributed by atoms with Gasteiger partial charge >= 0.3 is 0 Å². The van der Waals surface area contributed by atoms with E-state index in [4.69, 9.17) is 23.2 Å². The molecule has 5 heteroatoms. The molecule has 1 unspecified atom stereocenters. The van der Waals surface area contributed by atoms with Gasteiger partial charge in [0.2, 0.25) is 0 Å². The first-order chi connectivity index (χ1) is 8.99. The molecule has 0 heterocycles. The highest BCUT2D eigenvalue weighted by atomic mass is 35.5. The Morgan fingerprint density at radius 1 is 1.11 bits per heavy atom. The molecule has 0 aromatic heterocycles. The molecule has 0 spiro atoms. The third-order valence-corrected chi connectivity index (χ3v) is 3.29. The fourth-order valence-corrected chi connectivity index (χ4v) is 2.17. The van der Waals surface area contributed by atoms with Gasteiger partial charge in [-0.25, -0.2) is 8.78 Å². The molecule has 0 aliphatic rings. The van der Waals surface area contributed by atoms with E-state index in [-0.39, 0.29) is 22.6 Å². The Hall–Kier alpha value is -1.16. The molecule has 1 atom stereocenters. The number of aliphatic hydroxyl groups is 1. The maximum atomic E-state index is 13.7. The number of rotatable bonds is 3. The highest BCUT2D eigenvalue weighted by Gasteiger charge is 2.17. The van der Waals surface area contributed by atoms with E-state index in [9.17, 15) is 13.9 Å². The van der Waals surface area contributed by atoms with E-state index in [1.807, 2.05) is 0 Å². The zero-order valence-corrected chi connectivity index (χ0v) is 11.2. The molecule has 2 aromatic carbocycles. The molecule has 0 saturated carbocycles. The molecule has 0 amide bonds. The van der Waals surface area contributed by atoms with Crippen LogP contribution in [-0.4, -0.2) is 5.11 Å². The van der Waals surface area contributed by atoms with Crippen molar-refractivity contribution in [1.82, 2.24) is 0 Å². The van der Waals surface area contributed by atoms with E-state index in [0.29, 0.717) is 5.02 Å². The molecular formula is C14H10Cl2F2O. The van der Waals surface area contributed by atoms with Crippen LogP contribution in [0.1, 0.15) is 17.2 Å². The maximum absolute atomic E-state index is 13.7. The minimum Gasteiger partial charge on any atom is -0.388 e. The fourth-order valence-electron chi connectivity index (χ4n) is 1.80. The summed E-state index contributed by atoms with van der Waals surface area (Å²) in [6.45, 7) is 0. The summed E-state index contributed by atoms with van der Waals surface area (Å²) in [5.74, 6) is -1.19. The molecule has 0 fully saturated rings. The molecule has 19 heavy (non-hydrogen) atoms. The molecule has 0 aliphatic carbocycles. The summed E-state index contributed by atoms with van der Waals surface area (Å²) in [4.78, 5) is 0. The van der Waals surface area contributed by atoms with Crippen LogP contribution in [0.4, 0.5) is 8.78 Å². The van der Waals surface area contributed by atoms with Crippen LogP contribution in [0.25, 0.3) is 0 Å². The number of halogens is 4. The van der Waals surface area contributed by atoms with Crippen molar-refractivity contribution in [2.45, 2.75) is 12.5 Å². The summed E-state index contributed by atoms with van der Waals surface area (Å²) in [6, 6.07) is 8.34. The van der Waals surface area contributed by atoms with Crippen LogP contribution in [0.3, 0.4) is 0 Å². The van der Waals surface area contributed by atoms with E-state index in [1.54, 1.807) is 0 Å². The van der Waals surface area contributed by atoms with Gasteiger partial charge in [-0.1, -0.05) is 35.3 Å². The molecule has 1 N–H and O–H groups in total. The first kappa shape index (κ1) is 14.3. The number of aliphatic hydroxyl groups excluding tert-OH is 1. The highest BCUT2D eigenvalue weighted by molar-refractivity contribution is 6.31. The van der Waals surface area contributed by atoms with Crippen LogP contribution in [0.5, 0.6) is 0 Å². The maximum Gasteiger partial charge on any atom is 0.147 e. The topological polar surface area (TPSA) is 20.2 Å². The van der Waals surface area contributed by atoms with Crippen LogP contribution >= 0.6 is 23.2 Å². The molecule has 100 valence electrons. The average Bonchev–Trinajstić information content (AvgIpc) is 2.37. The van der Waals surface area contributed by atoms with Crippen LogP contribution in [0.15, 0.2) is 36.4 Å². The highest BCUT2D eigenvalue weighted by Crippen LogP contribution is 2.27. The van der Waals surface area contributed by atoms with Gasteiger partial charge in [-0.3, -0.25) is 0 Å². The van der Waals surface area contributed by atoms with Gasteiger partial charge in [-0.15, -0.1) is 0 Å². The second-order valence-electron chi connectivity index (χ2n) is 4.10. The lowest BCUT2D eigenvalue weighted by molar-refractivity contribution is 0.172. The molecule has 2 rings (SSSR count). The smallest absolute Gasteiger partial charge is 0.147 e. The van der Waals surface area contributed by atoms with E-state index in [2.05, 4.69) is 0 Å². The monoisotopic (exact) mass is 302 g/mol. The first-order valence-corrected chi connectivity index (χ1v) is 6.30. The standard InChI is InChI=1S/C14H10Cl2F2O/c15-9-4-5-12(17)8(6-9)7-13(19)10-2-1-3-11(16)14(10)18/h1-6,13,19H,7H2. The van der Waals surface area contributed by atoms with Gasteiger partial charge in [0.1, 0.15) is 11.6 Å². The van der Waals surface area contributed by atoms with Crippen molar-refractivity contribution in [2.24, 2.45) is 0 Å². The minimum absolute atomic E-state index is 0.0341. The average molecular weight is 303 g/mol. The normalized spacial score (nSPS) is 12.5. The lowest BCUT2D eigenvalue weighted by Gasteiger charge is -2.13. The molecule has 0 bridgehead atoms. The van der Waals surface area contributed by atoms with Crippen molar-refractivity contribution in [3.63, 3.8) is 0 Å². The number of hydrogen-bond acceptors (Lipinski definition) is 1. The van der Waals surface area contributed by atoms with E-state index in [1.165, 1.54) is 36.4 Å². The Kier molecular flexibility index (Phi) is 4.40. The van der Waals surface area contributed by atoms with Gasteiger partial charge in [0.15, 0.2) is 0 Å². The Labute approximate surface area is 119 Å². The Morgan fingerprint density at radius 2 is 1.84 bits per heavy atom. The summed E-state index contributed by atoms with van der Waals surface area (Å²) in [7, 11) is 0. The largest absolute Gasteiger partial charge is 0.388 e. The van der Waals surface area contributed by atoms with Crippen LogP contribution in [0, 0.1) is 11.6 Å². The number of hydrogen-bond donors (Lipinski definition) is 1. The molecule has 0 radical (unpaired) electrons. The van der Waals surface area contributed by atoms with Crippen molar-refractivity contribution in [3.05, 3.63) is 69.2 Å². The zero-order chi connectivity index (χ0) is 14.0. The van der Waals surface area contributed by atoms with Gasteiger partial charge in [-0.2, -0.15) is 0 Å². The van der Waals surface area contributed by atoms with Crippen molar-refractivity contribution in [2.75, 3.05) is 0 Å². The summed E-state index contributed by atoms with van der Waals surface area (Å²) >= 11 is 11.4. The second kappa shape index (κ2) is 5.87.